The molecule has 0 fully saturated rings. The van der Waals surface area contributed by atoms with Crippen LogP contribution in [-0.2, 0) is 17.6 Å². The zero-order valence-electron chi connectivity index (χ0n) is 11.3. The molecule has 0 aliphatic carbocycles. The molecule has 102 valence electrons. The van der Waals surface area contributed by atoms with Gasteiger partial charge in [-0.25, -0.2) is 0 Å². The largest absolute Gasteiger partial charge is 0.341 e. The Balaban J connectivity index is 0.00000289. The lowest BCUT2D eigenvalue weighted by Crippen LogP contribution is -2.40. The van der Waals surface area contributed by atoms with Crippen LogP contribution in [-0.4, -0.2) is 30.4 Å². The third-order valence-electron chi connectivity index (χ3n) is 3.18. The van der Waals surface area contributed by atoms with Crippen molar-refractivity contribution in [2.45, 2.75) is 32.7 Å². The summed E-state index contributed by atoms with van der Waals surface area (Å²) in [7, 11) is 1.81. The van der Waals surface area contributed by atoms with E-state index >= 15 is 0 Å². The van der Waals surface area contributed by atoms with Crippen molar-refractivity contribution in [2.24, 2.45) is 5.73 Å². The summed E-state index contributed by atoms with van der Waals surface area (Å²) in [5.41, 5.74) is 7.90. The van der Waals surface area contributed by atoms with Crippen molar-refractivity contribution in [3.05, 3.63) is 35.4 Å². The van der Waals surface area contributed by atoms with Gasteiger partial charge in [0.2, 0.25) is 5.91 Å². The number of nitrogens with zero attached hydrogens (tertiary/aromatic N) is 1. The number of amides is 1. The lowest BCUT2D eigenvalue weighted by Gasteiger charge is -2.23. The first-order valence-electron chi connectivity index (χ1n) is 6.12. The van der Waals surface area contributed by atoms with Gasteiger partial charge in [0.05, 0.1) is 6.42 Å². The number of carbonyl (C=O) groups is 1. The molecule has 0 heterocycles. The van der Waals surface area contributed by atoms with Crippen LogP contribution in [0.3, 0.4) is 0 Å². The topological polar surface area (TPSA) is 46.3 Å². The highest BCUT2D eigenvalue weighted by atomic mass is 35.5. The number of hydrogen-bond acceptors (Lipinski definition) is 2. The molecule has 1 amide bonds. The summed E-state index contributed by atoms with van der Waals surface area (Å²) in [6.07, 6.45) is 1.48. The smallest absolute Gasteiger partial charge is 0.227 e. The van der Waals surface area contributed by atoms with E-state index in [0.717, 1.165) is 12.0 Å². The molecule has 2 N–H and O–H groups in total. The second kappa shape index (κ2) is 8.11. The molecule has 4 heteroatoms. The Morgan fingerprint density at radius 3 is 2.22 bits per heavy atom. The monoisotopic (exact) mass is 270 g/mol. The predicted octanol–water partition coefficient (Wildman–Crippen LogP) is 2.02. The van der Waals surface area contributed by atoms with Crippen molar-refractivity contribution < 1.29 is 4.79 Å². The van der Waals surface area contributed by atoms with Gasteiger partial charge in [-0.15, -0.1) is 12.4 Å². The van der Waals surface area contributed by atoms with Gasteiger partial charge in [0.15, 0.2) is 0 Å². The molecule has 1 atom stereocenters. The molecule has 1 aromatic rings. The molecule has 0 aromatic heterocycles. The van der Waals surface area contributed by atoms with Crippen LogP contribution in [0.15, 0.2) is 24.3 Å². The zero-order valence-corrected chi connectivity index (χ0v) is 12.2. The minimum Gasteiger partial charge on any atom is -0.341 e. The molecule has 0 spiro atoms. The molecular weight excluding hydrogens is 248 g/mol. The lowest BCUT2D eigenvalue weighted by atomic mass is 10.1. The van der Waals surface area contributed by atoms with Crippen LogP contribution in [0, 0.1) is 0 Å². The standard InChI is InChI=1S/C14H22N2O.ClH/c1-4-12-5-7-13(8-6-12)9-14(17)16(3)11(2)10-15;/h5-8,11H,4,9-10,15H2,1-3H3;1H. The number of benzene rings is 1. The maximum Gasteiger partial charge on any atom is 0.227 e. The fraction of sp³-hybridized carbons (Fsp3) is 0.500. The van der Waals surface area contributed by atoms with Crippen molar-refractivity contribution in [1.29, 1.82) is 0 Å². The second-order valence-electron chi connectivity index (χ2n) is 4.44. The summed E-state index contributed by atoms with van der Waals surface area (Å²) >= 11 is 0. The van der Waals surface area contributed by atoms with Crippen molar-refractivity contribution in [1.82, 2.24) is 4.90 Å². The Morgan fingerprint density at radius 1 is 1.28 bits per heavy atom. The summed E-state index contributed by atoms with van der Waals surface area (Å²) in [5, 5.41) is 0. The van der Waals surface area contributed by atoms with Crippen LogP contribution in [0.25, 0.3) is 0 Å². The highest BCUT2D eigenvalue weighted by Crippen LogP contribution is 2.07. The van der Waals surface area contributed by atoms with E-state index in [1.54, 1.807) is 11.9 Å². The minimum absolute atomic E-state index is 0. The summed E-state index contributed by atoms with van der Waals surface area (Å²) in [6.45, 7) is 4.58. The van der Waals surface area contributed by atoms with Gasteiger partial charge in [-0.3, -0.25) is 4.79 Å². The van der Waals surface area contributed by atoms with Crippen molar-refractivity contribution >= 4 is 18.3 Å². The van der Waals surface area contributed by atoms with Crippen molar-refractivity contribution in [3.8, 4) is 0 Å². The van der Waals surface area contributed by atoms with Gasteiger partial charge in [0.25, 0.3) is 0 Å². The zero-order chi connectivity index (χ0) is 12.8. The van der Waals surface area contributed by atoms with E-state index in [0.29, 0.717) is 13.0 Å². The van der Waals surface area contributed by atoms with Gasteiger partial charge < -0.3 is 10.6 Å². The summed E-state index contributed by atoms with van der Waals surface area (Å²) in [4.78, 5) is 13.7. The minimum atomic E-state index is 0. The van der Waals surface area contributed by atoms with Gasteiger partial charge in [0, 0.05) is 19.6 Å². The molecular formula is C14H23ClN2O. The van der Waals surface area contributed by atoms with Gasteiger partial charge >= 0.3 is 0 Å². The maximum atomic E-state index is 11.9. The van der Waals surface area contributed by atoms with E-state index in [4.69, 9.17) is 5.73 Å². The van der Waals surface area contributed by atoms with Gasteiger partial charge in [0.1, 0.15) is 0 Å². The molecule has 0 saturated heterocycles. The highest BCUT2D eigenvalue weighted by Gasteiger charge is 2.14. The molecule has 1 unspecified atom stereocenters. The average Bonchev–Trinajstić information content (AvgIpc) is 2.37. The summed E-state index contributed by atoms with van der Waals surface area (Å²) in [6, 6.07) is 8.30. The fourth-order valence-electron chi connectivity index (χ4n) is 1.60. The first kappa shape index (κ1) is 16.9. The molecule has 0 saturated carbocycles. The molecule has 0 aliphatic rings. The number of halogens is 1. The third-order valence-corrected chi connectivity index (χ3v) is 3.18. The number of aryl methyl sites for hydroxylation is 1. The van der Waals surface area contributed by atoms with Crippen molar-refractivity contribution in [2.75, 3.05) is 13.6 Å². The molecule has 18 heavy (non-hydrogen) atoms. The molecule has 1 aromatic carbocycles. The quantitative estimate of drug-likeness (QED) is 0.890. The van der Waals surface area contributed by atoms with Gasteiger partial charge in [-0.2, -0.15) is 0 Å². The first-order chi connectivity index (χ1) is 8.08. The average molecular weight is 271 g/mol. The first-order valence-corrected chi connectivity index (χ1v) is 6.12. The lowest BCUT2D eigenvalue weighted by molar-refractivity contribution is -0.130. The number of likely N-dealkylation sites (N-methyl/N-ethyl adjacent to an activating group) is 1. The number of carbonyl (C=O) groups excluding carboxylic acids is 1. The van der Waals surface area contributed by atoms with E-state index in [1.807, 2.05) is 19.1 Å². The highest BCUT2D eigenvalue weighted by molar-refractivity contribution is 5.85. The molecule has 0 aliphatic heterocycles. The van der Waals surface area contributed by atoms with Crippen LogP contribution in [0.5, 0.6) is 0 Å². The van der Waals surface area contributed by atoms with Crippen LogP contribution in [0.2, 0.25) is 0 Å². The summed E-state index contributed by atoms with van der Waals surface area (Å²) in [5.74, 6) is 0.118. The third kappa shape index (κ3) is 4.67. The van der Waals surface area contributed by atoms with E-state index < -0.39 is 0 Å². The number of nitrogens with two attached hydrogens (primary N) is 1. The number of rotatable bonds is 5. The van der Waals surface area contributed by atoms with Gasteiger partial charge in [-0.05, 0) is 24.5 Å². The van der Waals surface area contributed by atoms with Crippen LogP contribution in [0.4, 0.5) is 0 Å². The van der Waals surface area contributed by atoms with E-state index in [9.17, 15) is 4.79 Å². The molecule has 0 radical (unpaired) electrons. The van der Waals surface area contributed by atoms with E-state index in [1.165, 1.54) is 5.56 Å². The Morgan fingerprint density at radius 2 is 1.78 bits per heavy atom. The Bertz CT molecular complexity index is 365. The molecule has 0 bridgehead atoms. The number of hydrogen-bond donors (Lipinski definition) is 1. The predicted molar refractivity (Wildman–Crippen MR) is 78.1 cm³/mol. The second-order valence-corrected chi connectivity index (χ2v) is 4.44. The fourth-order valence-corrected chi connectivity index (χ4v) is 1.60. The maximum absolute atomic E-state index is 11.9. The van der Waals surface area contributed by atoms with E-state index in [-0.39, 0.29) is 24.4 Å². The van der Waals surface area contributed by atoms with Gasteiger partial charge in [-0.1, -0.05) is 31.2 Å². The Hall–Kier alpha value is -1.06. The van der Waals surface area contributed by atoms with Crippen LogP contribution < -0.4 is 5.73 Å². The van der Waals surface area contributed by atoms with Crippen LogP contribution >= 0.6 is 12.4 Å². The van der Waals surface area contributed by atoms with Crippen LogP contribution in [0.1, 0.15) is 25.0 Å². The summed E-state index contributed by atoms with van der Waals surface area (Å²) < 4.78 is 0. The van der Waals surface area contributed by atoms with Crippen molar-refractivity contribution in [3.63, 3.8) is 0 Å². The molecule has 1 rings (SSSR count). The van der Waals surface area contributed by atoms with E-state index in [2.05, 4.69) is 19.1 Å². The molecule has 3 nitrogen and oxygen atoms in total. The normalized spacial score (nSPS) is 11.6. The Labute approximate surface area is 116 Å². The SMILES string of the molecule is CCc1ccc(CC(=O)N(C)C(C)CN)cc1.Cl. The Kier molecular flexibility index (Phi) is 7.64.